The molecular formula is C33H28N2O4. The van der Waals surface area contributed by atoms with Gasteiger partial charge in [0, 0.05) is 11.1 Å². The third-order valence-corrected chi connectivity index (χ3v) is 6.88. The second kappa shape index (κ2) is 11.3. The minimum atomic E-state index is -1.42. The number of hydrogen-bond donors (Lipinski definition) is 1. The number of aliphatic hydroxyl groups is 1. The van der Waals surface area contributed by atoms with Gasteiger partial charge in [-0.1, -0.05) is 97.1 Å². The van der Waals surface area contributed by atoms with Crippen molar-refractivity contribution in [2.75, 3.05) is 7.11 Å². The Morgan fingerprint density at radius 2 is 1.44 bits per heavy atom. The monoisotopic (exact) mass is 516 g/mol. The van der Waals surface area contributed by atoms with Gasteiger partial charge in [0.05, 0.1) is 24.9 Å². The Labute approximate surface area is 226 Å². The van der Waals surface area contributed by atoms with Crippen molar-refractivity contribution < 1.29 is 14.6 Å². The number of methoxy groups -OCH3 is 1. The standard InChI is InChI=1S/C33H28N2O4/c1-22(23-11-5-3-6-12-23)35-33(38)30(24-17-19-26(39-2)20-18-24)29(21-34-35)27-15-9-10-16-28(27)32(37)31(36)25-13-7-4-8-14-25/h3-22,32,37H,1-2H3. The summed E-state index contributed by atoms with van der Waals surface area (Å²) in [6.07, 6.45) is 0.219. The van der Waals surface area contributed by atoms with Crippen molar-refractivity contribution in [2.24, 2.45) is 0 Å². The van der Waals surface area contributed by atoms with Gasteiger partial charge in [0.15, 0.2) is 5.78 Å². The summed E-state index contributed by atoms with van der Waals surface area (Å²) in [6, 6.07) is 32.4. The van der Waals surface area contributed by atoms with Crippen molar-refractivity contribution in [3.8, 4) is 28.0 Å². The normalized spacial score (nSPS) is 12.5. The summed E-state index contributed by atoms with van der Waals surface area (Å²) in [4.78, 5) is 27.3. The highest BCUT2D eigenvalue weighted by molar-refractivity contribution is 6.01. The maximum absolute atomic E-state index is 14.1. The number of aliphatic hydroxyl groups excluding tert-OH is 1. The number of nitrogens with zero attached hydrogens (tertiary/aromatic N) is 2. The summed E-state index contributed by atoms with van der Waals surface area (Å²) in [7, 11) is 1.59. The summed E-state index contributed by atoms with van der Waals surface area (Å²) >= 11 is 0. The fraction of sp³-hybridized carbons (Fsp3) is 0.121. The van der Waals surface area contributed by atoms with E-state index in [0.29, 0.717) is 39.1 Å². The number of ketones is 1. The average Bonchev–Trinajstić information content (AvgIpc) is 3.01. The molecule has 0 radical (unpaired) electrons. The Balaban J connectivity index is 1.69. The van der Waals surface area contributed by atoms with Crippen LogP contribution in [0.4, 0.5) is 0 Å². The van der Waals surface area contributed by atoms with Crippen LogP contribution in [-0.2, 0) is 0 Å². The van der Waals surface area contributed by atoms with Gasteiger partial charge in [-0.2, -0.15) is 5.10 Å². The van der Waals surface area contributed by atoms with Crippen LogP contribution in [0.1, 0.15) is 40.6 Å². The van der Waals surface area contributed by atoms with Crippen LogP contribution in [0.15, 0.2) is 120 Å². The molecule has 0 amide bonds. The second-order valence-corrected chi connectivity index (χ2v) is 9.22. The van der Waals surface area contributed by atoms with Crippen LogP contribution in [0.5, 0.6) is 5.75 Å². The Hall–Kier alpha value is -4.81. The van der Waals surface area contributed by atoms with Gasteiger partial charge >= 0.3 is 0 Å². The van der Waals surface area contributed by atoms with Crippen LogP contribution in [0, 0.1) is 0 Å². The van der Waals surface area contributed by atoms with Crippen LogP contribution in [-0.4, -0.2) is 27.8 Å². The highest BCUT2D eigenvalue weighted by atomic mass is 16.5. The molecule has 0 fully saturated rings. The average molecular weight is 517 g/mol. The van der Waals surface area contributed by atoms with Gasteiger partial charge < -0.3 is 9.84 Å². The van der Waals surface area contributed by atoms with Gasteiger partial charge in [0.2, 0.25) is 0 Å². The molecule has 0 aliphatic heterocycles. The third-order valence-electron chi connectivity index (χ3n) is 6.88. The molecule has 0 saturated carbocycles. The molecule has 2 atom stereocenters. The molecule has 39 heavy (non-hydrogen) atoms. The number of hydrogen-bond acceptors (Lipinski definition) is 5. The van der Waals surface area contributed by atoms with Gasteiger partial charge in [-0.15, -0.1) is 0 Å². The Morgan fingerprint density at radius 1 is 0.821 bits per heavy atom. The predicted molar refractivity (Wildman–Crippen MR) is 152 cm³/mol. The van der Waals surface area contributed by atoms with E-state index < -0.39 is 11.9 Å². The Morgan fingerprint density at radius 3 is 2.10 bits per heavy atom. The molecule has 6 heteroatoms. The van der Waals surface area contributed by atoms with Crippen LogP contribution < -0.4 is 10.3 Å². The zero-order valence-corrected chi connectivity index (χ0v) is 21.7. The van der Waals surface area contributed by atoms with Crippen molar-refractivity contribution in [3.05, 3.63) is 142 Å². The number of benzene rings is 4. The van der Waals surface area contributed by atoms with Crippen molar-refractivity contribution in [1.82, 2.24) is 9.78 Å². The van der Waals surface area contributed by atoms with E-state index in [1.807, 2.05) is 61.5 Å². The van der Waals surface area contributed by atoms with E-state index in [9.17, 15) is 14.7 Å². The molecule has 4 aromatic carbocycles. The first-order chi connectivity index (χ1) is 19.0. The predicted octanol–water partition coefficient (Wildman–Crippen LogP) is 6.11. The van der Waals surface area contributed by atoms with Crippen LogP contribution in [0.25, 0.3) is 22.3 Å². The number of carbonyl (C=O) groups excluding carboxylic acids is 1. The smallest absolute Gasteiger partial charge is 0.275 e. The molecule has 2 unspecified atom stereocenters. The lowest BCUT2D eigenvalue weighted by molar-refractivity contribution is 0.0748. The van der Waals surface area contributed by atoms with Gasteiger partial charge in [0.1, 0.15) is 11.9 Å². The van der Waals surface area contributed by atoms with E-state index in [1.165, 1.54) is 4.68 Å². The molecule has 5 aromatic rings. The number of aromatic nitrogens is 2. The Kier molecular flexibility index (Phi) is 7.48. The van der Waals surface area contributed by atoms with Crippen LogP contribution >= 0.6 is 0 Å². The fourth-order valence-electron chi connectivity index (χ4n) is 4.74. The van der Waals surface area contributed by atoms with Crippen LogP contribution in [0.2, 0.25) is 0 Å². The lowest BCUT2D eigenvalue weighted by Crippen LogP contribution is -2.28. The van der Waals surface area contributed by atoms with Crippen molar-refractivity contribution in [1.29, 1.82) is 0 Å². The Bertz CT molecular complexity index is 1650. The quantitative estimate of drug-likeness (QED) is 0.252. The third kappa shape index (κ3) is 5.15. The van der Waals surface area contributed by atoms with E-state index in [-0.39, 0.29) is 11.6 Å². The fourth-order valence-corrected chi connectivity index (χ4v) is 4.74. The van der Waals surface area contributed by atoms with Crippen molar-refractivity contribution >= 4 is 5.78 Å². The summed E-state index contributed by atoms with van der Waals surface area (Å²) in [5.74, 6) is 0.240. The molecule has 0 spiro atoms. The highest BCUT2D eigenvalue weighted by Gasteiger charge is 2.25. The molecule has 0 aliphatic carbocycles. The molecule has 0 bridgehead atoms. The van der Waals surface area contributed by atoms with E-state index in [4.69, 9.17) is 4.74 Å². The van der Waals surface area contributed by atoms with Gasteiger partial charge in [-0.25, -0.2) is 4.68 Å². The zero-order chi connectivity index (χ0) is 27.4. The largest absolute Gasteiger partial charge is 0.497 e. The molecule has 0 saturated heterocycles. The lowest BCUT2D eigenvalue weighted by atomic mass is 9.89. The maximum atomic E-state index is 14.1. The summed E-state index contributed by atoms with van der Waals surface area (Å²) < 4.78 is 6.79. The first-order valence-electron chi connectivity index (χ1n) is 12.7. The van der Waals surface area contributed by atoms with E-state index >= 15 is 0 Å². The van der Waals surface area contributed by atoms with E-state index in [2.05, 4.69) is 5.10 Å². The van der Waals surface area contributed by atoms with Crippen molar-refractivity contribution in [3.63, 3.8) is 0 Å². The maximum Gasteiger partial charge on any atom is 0.275 e. The summed E-state index contributed by atoms with van der Waals surface area (Å²) in [5, 5.41) is 15.8. The number of ether oxygens (including phenoxy) is 1. The molecular weight excluding hydrogens is 488 g/mol. The van der Waals surface area contributed by atoms with Gasteiger partial charge in [0.25, 0.3) is 5.56 Å². The summed E-state index contributed by atoms with van der Waals surface area (Å²) in [6.45, 7) is 1.93. The molecule has 1 aromatic heterocycles. The van der Waals surface area contributed by atoms with E-state index in [1.54, 1.807) is 67.9 Å². The number of rotatable bonds is 8. The molecule has 194 valence electrons. The zero-order valence-electron chi connectivity index (χ0n) is 21.7. The molecule has 1 N–H and O–H groups in total. The molecule has 0 aliphatic rings. The van der Waals surface area contributed by atoms with Crippen LogP contribution in [0.3, 0.4) is 0 Å². The first kappa shape index (κ1) is 25.8. The van der Waals surface area contributed by atoms with Crippen molar-refractivity contribution in [2.45, 2.75) is 19.1 Å². The minimum absolute atomic E-state index is 0.285. The molecule has 5 rings (SSSR count). The van der Waals surface area contributed by atoms with E-state index in [0.717, 1.165) is 5.56 Å². The first-order valence-corrected chi connectivity index (χ1v) is 12.7. The lowest BCUT2D eigenvalue weighted by Gasteiger charge is -2.20. The van der Waals surface area contributed by atoms with Gasteiger partial charge in [-0.05, 0) is 41.3 Å². The number of Topliss-reactive ketones (excluding diaryl/α,β-unsaturated/α-hetero) is 1. The minimum Gasteiger partial charge on any atom is -0.497 e. The second-order valence-electron chi connectivity index (χ2n) is 9.22. The van der Waals surface area contributed by atoms with Gasteiger partial charge in [-0.3, -0.25) is 9.59 Å². The number of carbonyl (C=O) groups is 1. The SMILES string of the molecule is COc1ccc(-c2c(-c3ccccc3C(O)C(=O)c3ccccc3)cnn(C(C)c3ccccc3)c2=O)cc1. The molecule has 1 heterocycles. The topological polar surface area (TPSA) is 81.4 Å². The molecule has 6 nitrogen and oxygen atoms in total. The summed E-state index contributed by atoms with van der Waals surface area (Å²) in [5.41, 5.74) is 3.64. The highest BCUT2D eigenvalue weighted by Crippen LogP contribution is 2.35.